The second-order valence-electron chi connectivity index (χ2n) is 7.41. The van der Waals surface area contributed by atoms with Crippen molar-refractivity contribution >= 4 is 5.91 Å². The highest BCUT2D eigenvalue weighted by Gasteiger charge is 2.36. The number of hydrogen-bond acceptors (Lipinski definition) is 3. The standard InChI is InChI=1S/C17H32N2O2/c1-14(2)12-15(19-8-10-21-11-9-19)13-18-16(20)17(3)6-4-5-7-17/h14-15H,4-13H2,1-3H3,(H,18,20). The van der Waals surface area contributed by atoms with Gasteiger partial charge in [0.1, 0.15) is 0 Å². The van der Waals surface area contributed by atoms with Gasteiger partial charge < -0.3 is 10.1 Å². The van der Waals surface area contributed by atoms with Crippen LogP contribution in [-0.2, 0) is 9.53 Å². The first-order valence-electron chi connectivity index (χ1n) is 8.61. The van der Waals surface area contributed by atoms with E-state index >= 15 is 0 Å². The molecule has 1 N–H and O–H groups in total. The quantitative estimate of drug-likeness (QED) is 0.818. The van der Waals surface area contributed by atoms with Crippen molar-refractivity contribution in [3.63, 3.8) is 0 Å². The van der Waals surface area contributed by atoms with Crippen LogP contribution >= 0.6 is 0 Å². The molecule has 0 aromatic carbocycles. The van der Waals surface area contributed by atoms with Gasteiger partial charge in [-0.25, -0.2) is 0 Å². The monoisotopic (exact) mass is 296 g/mol. The summed E-state index contributed by atoms with van der Waals surface area (Å²) in [6.45, 7) is 11.0. The zero-order chi connectivity index (χ0) is 15.3. The molecule has 1 amide bonds. The Morgan fingerprint density at radius 2 is 1.86 bits per heavy atom. The highest BCUT2D eigenvalue weighted by molar-refractivity contribution is 5.82. The lowest BCUT2D eigenvalue weighted by molar-refractivity contribution is -0.130. The second-order valence-corrected chi connectivity index (χ2v) is 7.41. The average molecular weight is 296 g/mol. The van der Waals surface area contributed by atoms with Gasteiger partial charge in [0.25, 0.3) is 0 Å². The molecule has 0 bridgehead atoms. The van der Waals surface area contributed by atoms with Gasteiger partial charge in [-0.3, -0.25) is 9.69 Å². The van der Waals surface area contributed by atoms with E-state index in [1.165, 1.54) is 12.8 Å². The molecule has 1 heterocycles. The Morgan fingerprint density at radius 1 is 1.24 bits per heavy atom. The van der Waals surface area contributed by atoms with E-state index < -0.39 is 0 Å². The molecule has 1 aliphatic carbocycles. The van der Waals surface area contributed by atoms with Gasteiger partial charge in [-0.15, -0.1) is 0 Å². The summed E-state index contributed by atoms with van der Waals surface area (Å²) in [5.74, 6) is 0.916. The van der Waals surface area contributed by atoms with Gasteiger partial charge in [0.15, 0.2) is 0 Å². The van der Waals surface area contributed by atoms with Gasteiger partial charge in [-0.05, 0) is 25.2 Å². The molecule has 0 aromatic rings. The molecule has 4 heteroatoms. The molecule has 2 fully saturated rings. The van der Waals surface area contributed by atoms with Crippen LogP contribution in [0.4, 0.5) is 0 Å². The van der Waals surface area contributed by atoms with Crippen molar-refractivity contribution in [2.75, 3.05) is 32.8 Å². The summed E-state index contributed by atoms with van der Waals surface area (Å²) in [6.07, 6.45) is 5.62. The highest BCUT2D eigenvalue weighted by Crippen LogP contribution is 2.37. The van der Waals surface area contributed by atoms with Gasteiger partial charge in [0.05, 0.1) is 13.2 Å². The lowest BCUT2D eigenvalue weighted by Gasteiger charge is -2.36. The first-order chi connectivity index (χ1) is 10.0. The SMILES string of the molecule is CC(C)CC(CNC(=O)C1(C)CCCC1)N1CCOCC1. The third-order valence-corrected chi connectivity index (χ3v) is 5.06. The van der Waals surface area contributed by atoms with Crippen LogP contribution in [0.1, 0.15) is 52.9 Å². The minimum atomic E-state index is -0.118. The Kier molecular flexibility index (Phi) is 6.06. The Morgan fingerprint density at radius 3 is 2.43 bits per heavy atom. The average Bonchev–Trinajstić information content (AvgIpc) is 2.92. The molecular formula is C17H32N2O2. The molecule has 1 atom stereocenters. The third-order valence-electron chi connectivity index (χ3n) is 5.06. The summed E-state index contributed by atoms with van der Waals surface area (Å²) in [4.78, 5) is 15.0. The largest absolute Gasteiger partial charge is 0.379 e. The van der Waals surface area contributed by atoms with Crippen molar-refractivity contribution in [1.82, 2.24) is 10.2 Å². The molecule has 1 unspecified atom stereocenters. The molecule has 122 valence electrons. The maximum atomic E-state index is 12.5. The van der Waals surface area contributed by atoms with E-state index in [0.29, 0.717) is 12.0 Å². The van der Waals surface area contributed by atoms with Gasteiger partial charge in [0.2, 0.25) is 5.91 Å². The number of carbonyl (C=O) groups is 1. The smallest absolute Gasteiger partial charge is 0.225 e. The summed E-state index contributed by atoms with van der Waals surface area (Å²) in [5, 5.41) is 3.25. The minimum absolute atomic E-state index is 0.118. The van der Waals surface area contributed by atoms with Crippen molar-refractivity contribution in [3.05, 3.63) is 0 Å². The fourth-order valence-corrected chi connectivity index (χ4v) is 3.65. The van der Waals surface area contributed by atoms with E-state index in [-0.39, 0.29) is 11.3 Å². The van der Waals surface area contributed by atoms with E-state index in [4.69, 9.17) is 4.74 Å². The van der Waals surface area contributed by atoms with Crippen molar-refractivity contribution < 1.29 is 9.53 Å². The van der Waals surface area contributed by atoms with Gasteiger partial charge in [0, 0.05) is 31.1 Å². The number of nitrogens with zero attached hydrogens (tertiary/aromatic N) is 1. The zero-order valence-corrected chi connectivity index (χ0v) is 14.0. The molecular weight excluding hydrogens is 264 g/mol. The second kappa shape index (κ2) is 7.59. The maximum Gasteiger partial charge on any atom is 0.225 e. The molecule has 1 saturated carbocycles. The van der Waals surface area contributed by atoms with E-state index in [0.717, 1.165) is 52.1 Å². The van der Waals surface area contributed by atoms with Crippen molar-refractivity contribution in [1.29, 1.82) is 0 Å². The van der Waals surface area contributed by atoms with E-state index in [1.807, 2.05) is 0 Å². The lowest BCUT2D eigenvalue weighted by atomic mass is 9.87. The van der Waals surface area contributed by atoms with Gasteiger partial charge in [-0.2, -0.15) is 0 Å². The Labute approximate surface area is 129 Å². The fourth-order valence-electron chi connectivity index (χ4n) is 3.65. The van der Waals surface area contributed by atoms with Crippen LogP contribution in [0.25, 0.3) is 0 Å². The topological polar surface area (TPSA) is 41.6 Å². The van der Waals surface area contributed by atoms with Crippen molar-refractivity contribution in [2.45, 2.75) is 58.9 Å². The van der Waals surface area contributed by atoms with Crippen LogP contribution in [0.15, 0.2) is 0 Å². The minimum Gasteiger partial charge on any atom is -0.379 e. The highest BCUT2D eigenvalue weighted by atomic mass is 16.5. The summed E-state index contributed by atoms with van der Waals surface area (Å²) >= 11 is 0. The van der Waals surface area contributed by atoms with Gasteiger partial charge in [-0.1, -0.05) is 33.6 Å². The van der Waals surface area contributed by atoms with Crippen molar-refractivity contribution in [2.24, 2.45) is 11.3 Å². The summed E-state index contributed by atoms with van der Waals surface area (Å²) in [5.41, 5.74) is -0.118. The Hall–Kier alpha value is -0.610. The van der Waals surface area contributed by atoms with E-state index in [2.05, 4.69) is 31.0 Å². The Bertz CT molecular complexity index is 332. The molecule has 1 saturated heterocycles. The van der Waals surface area contributed by atoms with Crippen LogP contribution < -0.4 is 5.32 Å². The molecule has 1 aliphatic heterocycles. The lowest BCUT2D eigenvalue weighted by Crippen LogP contribution is -2.50. The van der Waals surface area contributed by atoms with Crippen LogP contribution in [0.2, 0.25) is 0 Å². The maximum absolute atomic E-state index is 12.5. The molecule has 2 rings (SSSR count). The number of rotatable bonds is 6. The molecule has 0 aromatic heterocycles. The first-order valence-corrected chi connectivity index (χ1v) is 8.61. The van der Waals surface area contributed by atoms with Crippen LogP contribution in [-0.4, -0.2) is 49.7 Å². The number of hydrogen-bond donors (Lipinski definition) is 1. The summed E-state index contributed by atoms with van der Waals surface area (Å²) in [6, 6.07) is 0.447. The third kappa shape index (κ3) is 4.68. The normalized spacial score (nSPS) is 24.2. The van der Waals surface area contributed by atoms with Crippen molar-refractivity contribution in [3.8, 4) is 0 Å². The van der Waals surface area contributed by atoms with Gasteiger partial charge >= 0.3 is 0 Å². The van der Waals surface area contributed by atoms with E-state index in [1.54, 1.807) is 0 Å². The molecule has 0 spiro atoms. The van der Waals surface area contributed by atoms with Crippen LogP contribution in [0.3, 0.4) is 0 Å². The molecule has 21 heavy (non-hydrogen) atoms. The summed E-state index contributed by atoms with van der Waals surface area (Å²) < 4.78 is 5.45. The Balaban J connectivity index is 1.87. The van der Waals surface area contributed by atoms with E-state index in [9.17, 15) is 4.79 Å². The number of ether oxygens (including phenoxy) is 1. The predicted octanol–water partition coefficient (Wildman–Crippen LogP) is 2.43. The fraction of sp³-hybridized carbons (Fsp3) is 0.941. The molecule has 0 radical (unpaired) electrons. The number of amides is 1. The predicted molar refractivity (Wildman–Crippen MR) is 85.2 cm³/mol. The van der Waals surface area contributed by atoms with Crippen LogP contribution in [0.5, 0.6) is 0 Å². The number of morpholine rings is 1. The van der Waals surface area contributed by atoms with Crippen LogP contribution in [0, 0.1) is 11.3 Å². The molecule has 4 nitrogen and oxygen atoms in total. The number of carbonyl (C=O) groups excluding carboxylic acids is 1. The number of nitrogens with one attached hydrogen (secondary N) is 1. The summed E-state index contributed by atoms with van der Waals surface area (Å²) in [7, 11) is 0. The zero-order valence-electron chi connectivity index (χ0n) is 14.0. The molecule has 2 aliphatic rings. The first kappa shape index (κ1) is 16.8.